The third-order valence-electron chi connectivity index (χ3n) is 3.26. The molecule has 3 atom stereocenters. The third kappa shape index (κ3) is 4.12. The second-order valence-corrected chi connectivity index (χ2v) is 4.97. The lowest BCUT2D eigenvalue weighted by Crippen LogP contribution is -2.56. The molecule has 0 aromatic carbocycles. The molecule has 1 aliphatic rings. The van der Waals surface area contributed by atoms with Crippen LogP contribution in [0.1, 0.15) is 26.7 Å². The van der Waals surface area contributed by atoms with Crippen LogP contribution in [0.15, 0.2) is 16.9 Å². The zero-order chi connectivity index (χ0) is 16.7. The molecule has 0 saturated heterocycles. The number of azide groups is 1. The van der Waals surface area contributed by atoms with Gasteiger partial charge in [-0.25, -0.2) is 4.79 Å². The summed E-state index contributed by atoms with van der Waals surface area (Å²) < 4.78 is 5.23. The normalized spacial score (nSPS) is 23.8. The molecule has 0 aromatic heterocycles. The van der Waals surface area contributed by atoms with Crippen molar-refractivity contribution in [1.82, 2.24) is 4.90 Å². The van der Waals surface area contributed by atoms with Gasteiger partial charge in [-0.05, 0) is 24.4 Å². The molecule has 0 aliphatic carbocycles. The van der Waals surface area contributed by atoms with Gasteiger partial charge in [-0.3, -0.25) is 4.79 Å². The first-order valence-corrected chi connectivity index (χ1v) is 7.16. The molecule has 0 radical (unpaired) electrons. The van der Waals surface area contributed by atoms with Gasteiger partial charge in [-0.1, -0.05) is 19.0 Å². The summed E-state index contributed by atoms with van der Waals surface area (Å²) in [7, 11) is 0. The quantitative estimate of drug-likeness (QED) is 0.410. The van der Waals surface area contributed by atoms with E-state index in [0.717, 1.165) is 18.9 Å². The predicted octanol–water partition coefficient (Wildman–Crippen LogP) is 1.01. The van der Waals surface area contributed by atoms with Crippen LogP contribution in [0.2, 0.25) is 0 Å². The number of hydrogen-bond donors (Lipinski definition) is 2. The summed E-state index contributed by atoms with van der Waals surface area (Å²) in [5, 5.41) is 12.5. The number of hydrogen-bond acceptors (Lipinski definition) is 5. The molecule has 1 heterocycles. The molecule has 0 unspecified atom stereocenters. The second-order valence-electron chi connectivity index (χ2n) is 4.97. The molecule has 0 spiro atoms. The lowest BCUT2D eigenvalue weighted by molar-refractivity contribution is -0.148. The van der Waals surface area contributed by atoms with E-state index in [2.05, 4.69) is 10.0 Å². The van der Waals surface area contributed by atoms with Crippen LogP contribution in [0, 0.1) is 0 Å². The standard InChI is InChI=1S/C13H21N5O4/c1-3-5-18(6-4-2)12(19)11-10(14)8(16-17-15)7-9(22-11)13(20)21/h7-8,10-11H,3-6,14H2,1-2H3,(H,20,21)/t8-,10+,11+/m0/s1. The molecule has 9 nitrogen and oxygen atoms in total. The molecular weight excluding hydrogens is 290 g/mol. The van der Waals surface area contributed by atoms with Gasteiger partial charge in [0.15, 0.2) is 6.10 Å². The fraction of sp³-hybridized carbons (Fsp3) is 0.692. The van der Waals surface area contributed by atoms with Crippen LogP contribution in [-0.2, 0) is 14.3 Å². The zero-order valence-corrected chi connectivity index (χ0v) is 12.7. The number of nitrogens with two attached hydrogens (primary N) is 1. The average Bonchev–Trinajstić information content (AvgIpc) is 2.48. The Bertz CT molecular complexity index is 495. The first-order chi connectivity index (χ1) is 10.5. The Labute approximate surface area is 128 Å². The van der Waals surface area contributed by atoms with Crippen LogP contribution in [0.3, 0.4) is 0 Å². The van der Waals surface area contributed by atoms with Crippen LogP contribution in [0.4, 0.5) is 0 Å². The highest BCUT2D eigenvalue weighted by molar-refractivity contribution is 5.88. The van der Waals surface area contributed by atoms with Crippen LogP contribution in [0.25, 0.3) is 10.4 Å². The number of nitrogens with zero attached hydrogens (tertiary/aromatic N) is 4. The predicted molar refractivity (Wildman–Crippen MR) is 78.7 cm³/mol. The highest BCUT2D eigenvalue weighted by Gasteiger charge is 2.40. The Morgan fingerprint density at radius 3 is 2.50 bits per heavy atom. The monoisotopic (exact) mass is 311 g/mol. The largest absolute Gasteiger partial charge is 0.475 e. The Morgan fingerprint density at radius 1 is 1.45 bits per heavy atom. The fourth-order valence-corrected chi connectivity index (χ4v) is 2.26. The summed E-state index contributed by atoms with van der Waals surface area (Å²) in [5.41, 5.74) is 14.5. The molecule has 9 heteroatoms. The smallest absolute Gasteiger partial charge is 0.370 e. The Balaban J connectivity index is 3.05. The van der Waals surface area contributed by atoms with Crippen molar-refractivity contribution >= 4 is 11.9 Å². The van der Waals surface area contributed by atoms with E-state index in [1.54, 1.807) is 4.90 Å². The van der Waals surface area contributed by atoms with Gasteiger partial charge in [0.2, 0.25) is 5.76 Å². The lowest BCUT2D eigenvalue weighted by atomic mass is 9.98. The average molecular weight is 311 g/mol. The Morgan fingerprint density at radius 2 is 2.05 bits per heavy atom. The van der Waals surface area contributed by atoms with E-state index in [9.17, 15) is 9.59 Å². The first kappa shape index (κ1) is 17.8. The summed E-state index contributed by atoms with van der Waals surface area (Å²) in [6, 6.07) is -1.87. The molecule has 22 heavy (non-hydrogen) atoms. The summed E-state index contributed by atoms with van der Waals surface area (Å²) in [6.45, 7) is 4.92. The fourth-order valence-electron chi connectivity index (χ4n) is 2.26. The van der Waals surface area contributed by atoms with E-state index in [1.807, 2.05) is 13.8 Å². The van der Waals surface area contributed by atoms with Gasteiger partial charge in [0.25, 0.3) is 5.91 Å². The van der Waals surface area contributed by atoms with Gasteiger partial charge >= 0.3 is 5.97 Å². The summed E-state index contributed by atoms with van der Waals surface area (Å²) in [6.07, 6.45) is 1.47. The minimum Gasteiger partial charge on any atom is -0.475 e. The highest BCUT2D eigenvalue weighted by Crippen LogP contribution is 2.21. The van der Waals surface area contributed by atoms with Crippen LogP contribution >= 0.6 is 0 Å². The molecule has 0 fully saturated rings. The molecule has 0 saturated carbocycles. The molecule has 0 aromatic rings. The Kier molecular flexibility index (Phi) is 6.68. The van der Waals surface area contributed by atoms with Crippen molar-refractivity contribution in [3.05, 3.63) is 22.3 Å². The highest BCUT2D eigenvalue weighted by atomic mass is 16.5. The van der Waals surface area contributed by atoms with Gasteiger partial charge < -0.3 is 20.5 Å². The van der Waals surface area contributed by atoms with E-state index in [4.69, 9.17) is 21.1 Å². The van der Waals surface area contributed by atoms with Crippen molar-refractivity contribution in [2.45, 2.75) is 44.9 Å². The van der Waals surface area contributed by atoms with Crippen LogP contribution in [-0.4, -0.2) is 53.2 Å². The first-order valence-electron chi connectivity index (χ1n) is 7.16. The van der Waals surface area contributed by atoms with Crippen molar-refractivity contribution in [2.24, 2.45) is 10.8 Å². The number of ether oxygens (including phenoxy) is 1. The number of carbonyl (C=O) groups excluding carboxylic acids is 1. The number of amides is 1. The SMILES string of the molecule is CCCN(CCC)C(=O)[C@@H]1OC(C(=O)O)=C[C@H](N=[N+]=[N-])[C@H]1N. The van der Waals surface area contributed by atoms with Crippen LogP contribution in [0.5, 0.6) is 0 Å². The second kappa shape index (κ2) is 8.26. The van der Waals surface area contributed by atoms with Gasteiger partial charge in [-0.2, -0.15) is 0 Å². The van der Waals surface area contributed by atoms with Crippen molar-refractivity contribution < 1.29 is 19.4 Å². The summed E-state index contributed by atoms with van der Waals surface area (Å²) >= 11 is 0. The molecule has 1 aliphatic heterocycles. The topological polar surface area (TPSA) is 142 Å². The van der Waals surface area contributed by atoms with Gasteiger partial charge in [0.05, 0.1) is 12.1 Å². The van der Waals surface area contributed by atoms with Crippen molar-refractivity contribution in [3.8, 4) is 0 Å². The number of carboxylic acid groups (broad SMARTS) is 1. The molecule has 1 rings (SSSR count). The van der Waals surface area contributed by atoms with Crippen LogP contribution < -0.4 is 5.73 Å². The Hall–Kier alpha value is -2.25. The molecule has 1 amide bonds. The lowest BCUT2D eigenvalue weighted by Gasteiger charge is -2.34. The van der Waals surface area contributed by atoms with Gasteiger partial charge in [-0.15, -0.1) is 0 Å². The number of carboxylic acids is 1. The summed E-state index contributed by atoms with van der Waals surface area (Å²) in [5.74, 6) is -2.15. The molecule has 3 N–H and O–H groups in total. The van der Waals surface area contributed by atoms with Crippen molar-refractivity contribution in [1.29, 1.82) is 0 Å². The maximum atomic E-state index is 12.6. The van der Waals surface area contributed by atoms with E-state index in [1.165, 1.54) is 0 Å². The maximum absolute atomic E-state index is 12.6. The number of aliphatic carboxylic acids is 1. The van der Waals surface area contributed by atoms with Gasteiger partial charge in [0.1, 0.15) is 0 Å². The minimum atomic E-state index is -1.33. The van der Waals surface area contributed by atoms with Crippen molar-refractivity contribution in [3.63, 3.8) is 0 Å². The molecular formula is C13H21N5O4. The van der Waals surface area contributed by atoms with Gasteiger partial charge in [0, 0.05) is 18.0 Å². The molecule has 122 valence electrons. The van der Waals surface area contributed by atoms with Crippen molar-refractivity contribution in [2.75, 3.05) is 13.1 Å². The van der Waals surface area contributed by atoms with E-state index in [0.29, 0.717) is 13.1 Å². The maximum Gasteiger partial charge on any atom is 0.370 e. The minimum absolute atomic E-state index is 0.388. The van der Waals surface area contributed by atoms with E-state index >= 15 is 0 Å². The number of rotatable bonds is 7. The van der Waals surface area contributed by atoms with E-state index < -0.39 is 29.9 Å². The zero-order valence-electron chi connectivity index (χ0n) is 12.7. The third-order valence-corrected chi connectivity index (χ3v) is 3.26. The number of carbonyl (C=O) groups is 2. The van der Waals surface area contributed by atoms with E-state index in [-0.39, 0.29) is 5.91 Å². The molecule has 0 bridgehead atoms. The summed E-state index contributed by atoms with van der Waals surface area (Å²) in [4.78, 5) is 27.9.